The summed E-state index contributed by atoms with van der Waals surface area (Å²) in [4.78, 5) is 10.7. The minimum absolute atomic E-state index is 0.0829. The van der Waals surface area contributed by atoms with Crippen LogP contribution in [0.25, 0.3) is 5.70 Å². The Morgan fingerprint density at radius 3 is 2.60 bits per heavy atom. The van der Waals surface area contributed by atoms with E-state index >= 15 is 0 Å². The highest BCUT2D eigenvalue weighted by Gasteiger charge is 1.96. The van der Waals surface area contributed by atoms with Gasteiger partial charge in [0.1, 0.15) is 0 Å². The van der Waals surface area contributed by atoms with Crippen LogP contribution in [-0.2, 0) is 0 Å². The average molecular weight is 138 g/mol. The molecule has 0 atom stereocenters. The van der Waals surface area contributed by atoms with Crippen LogP contribution < -0.4 is 5.56 Å². The van der Waals surface area contributed by atoms with Gasteiger partial charge in [0.05, 0.1) is 0 Å². The van der Waals surface area contributed by atoms with Crippen LogP contribution >= 0.6 is 0 Å². The summed E-state index contributed by atoms with van der Waals surface area (Å²) in [5.41, 5.74) is 1.62. The predicted octanol–water partition coefficient (Wildman–Crippen LogP) is 0.975. The molecule has 3 nitrogen and oxygen atoms in total. The molecule has 0 aromatic carbocycles. The van der Waals surface area contributed by atoms with Gasteiger partial charge in [0, 0.05) is 17.5 Å². The van der Waals surface area contributed by atoms with Gasteiger partial charge in [-0.3, -0.25) is 14.6 Å². The van der Waals surface area contributed by atoms with Crippen LogP contribution in [0.3, 0.4) is 0 Å². The Hall–Kier alpha value is -1.25. The molecule has 10 heavy (non-hydrogen) atoms. The fraction of sp³-hybridized carbons (Fsp3) is 0.286. The van der Waals surface area contributed by atoms with Crippen LogP contribution in [0.4, 0.5) is 0 Å². The third kappa shape index (κ3) is 1.03. The summed E-state index contributed by atoms with van der Waals surface area (Å²) < 4.78 is 1.66. The SMILES string of the molecule is C=C(C)n1[nH]c(=O)cc1C. The molecule has 1 aromatic rings. The first kappa shape index (κ1) is 6.86. The predicted molar refractivity (Wildman–Crippen MR) is 40.8 cm³/mol. The number of hydrogen-bond donors (Lipinski definition) is 1. The number of hydrogen-bond acceptors (Lipinski definition) is 1. The van der Waals surface area contributed by atoms with E-state index in [1.165, 1.54) is 6.07 Å². The summed E-state index contributed by atoms with van der Waals surface area (Å²) in [6.45, 7) is 7.38. The highest BCUT2D eigenvalue weighted by atomic mass is 16.1. The summed E-state index contributed by atoms with van der Waals surface area (Å²) in [5, 5.41) is 2.61. The van der Waals surface area contributed by atoms with Crippen molar-refractivity contribution in [2.75, 3.05) is 0 Å². The minimum Gasteiger partial charge on any atom is -0.268 e. The lowest BCUT2D eigenvalue weighted by Crippen LogP contribution is -2.03. The number of aryl methyl sites for hydroxylation is 1. The van der Waals surface area contributed by atoms with Crippen molar-refractivity contribution in [1.29, 1.82) is 0 Å². The molecule has 0 spiro atoms. The molecule has 0 saturated heterocycles. The van der Waals surface area contributed by atoms with Gasteiger partial charge >= 0.3 is 0 Å². The first-order valence-electron chi connectivity index (χ1n) is 3.06. The van der Waals surface area contributed by atoms with Gasteiger partial charge in [-0.1, -0.05) is 6.58 Å². The molecule has 0 radical (unpaired) electrons. The van der Waals surface area contributed by atoms with Gasteiger partial charge in [-0.05, 0) is 13.8 Å². The van der Waals surface area contributed by atoms with Crippen molar-refractivity contribution in [2.45, 2.75) is 13.8 Å². The number of aromatic nitrogens is 2. The number of aromatic amines is 1. The topological polar surface area (TPSA) is 37.8 Å². The lowest BCUT2D eigenvalue weighted by atomic mass is 10.4. The maximum absolute atomic E-state index is 10.7. The van der Waals surface area contributed by atoms with Crippen molar-refractivity contribution in [3.05, 3.63) is 28.7 Å². The van der Waals surface area contributed by atoms with Crippen LogP contribution in [0.2, 0.25) is 0 Å². The van der Waals surface area contributed by atoms with Gasteiger partial charge in [-0.2, -0.15) is 0 Å². The molecule has 1 N–H and O–H groups in total. The number of nitrogens with zero attached hydrogens (tertiary/aromatic N) is 1. The maximum Gasteiger partial charge on any atom is 0.264 e. The molecule has 0 fully saturated rings. The lowest BCUT2D eigenvalue weighted by Gasteiger charge is -2.00. The summed E-state index contributed by atoms with van der Waals surface area (Å²) >= 11 is 0. The zero-order valence-electron chi connectivity index (χ0n) is 6.14. The summed E-state index contributed by atoms with van der Waals surface area (Å²) in [5.74, 6) is 0. The van der Waals surface area contributed by atoms with E-state index in [0.29, 0.717) is 0 Å². The van der Waals surface area contributed by atoms with E-state index in [2.05, 4.69) is 11.7 Å². The van der Waals surface area contributed by atoms with Gasteiger partial charge in [0.2, 0.25) is 0 Å². The highest BCUT2D eigenvalue weighted by molar-refractivity contribution is 5.37. The minimum atomic E-state index is -0.0829. The fourth-order valence-corrected chi connectivity index (χ4v) is 0.881. The zero-order chi connectivity index (χ0) is 7.72. The van der Waals surface area contributed by atoms with E-state index in [4.69, 9.17) is 0 Å². The van der Waals surface area contributed by atoms with Crippen molar-refractivity contribution < 1.29 is 0 Å². The van der Waals surface area contributed by atoms with E-state index < -0.39 is 0 Å². The fourth-order valence-electron chi connectivity index (χ4n) is 0.881. The quantitative estimate of drug-likeness (QED) is 0.617. The molecule has 0 unspecified atom stereocenters. The van der Waals surface area contributed by atoms with Crippen molar-refractivity contribution >= 4 is 5.70 Å². The van der Waals surface area contributed by atoms with Crippen LogP contribution in [0.5, 0.6) is 0 Å². The van der Waals surface area contributed by atoms with E-state index in [1.54, 1.807) is 4.68 Å². The number of allylic oxidation sites excluding steroid dienone is 1. The van der Waals surface area contributed by atoms with Crippen molar-refractivity contribution in [2.24, 2.45) is 0 Å². The van der Waals surface area contributed by atoms with Crippen LogP contribution in [0.15, 0.2) is 17.4 Å². The second-order valence-corrected chi connectivity index (χ2v) is 2.33. The highest BCUT2D eigenvalue weighted by Crippen LogP contribution is 1.99. The molecule has 0 saturated carbocycles. The standard InChI is InChI=1S/C7H10N2O/c1-5(2)9-6(3)4-7(10)8-9/h4H,1H2,2-3H3,(H,8,10). The lowest BCUT2D eigenvalue weighted by molar-refractivity contribution is 0.850. The Balaban J connectivity index is 3.28. The molecule has 3 heteroatoms. The summed E-state index contributed by atoms with van der Waals surface area (Å²) in [6, 6.07) is 1.54. The Labute approximate surface area is 59.0 Å². The molecule has 0 aliphatic carbocycles. The van der Waals surface area contributed by atoms with Gasteiger partial charge in [-0.25, -0.2) is 0 Å². The van der Waals surface area contributed by atoms with Gasteiger partial charge in [0.25, 0.3) is 5.56 Å². The first-order valence-corrected chi connectivity index (χ1v) is 3.06. The van der Waals surface area contributed by atoms with E-state index in [0.717, 1.165) is 11.4 Å². The molecular formula is C7H10N2O. The monoisotopic (exact) mass is 138 g/mol. The molecular weight excluding hydrogens is 128 g/mol. The maximum atomic E-state index is 10.7. The second kappa shape index (κ2) is 2.17. The average Bonchev–Trinajstić information content (AvgIpc) is 2.10. The smallest absolute Gasteiger partial charge is 0.264 e. The molecule has 0 aliphatic heterocycles. The van der Waals surface area contributed by atoms with Gasteiger partial charge < -0.3 is 0 Å². The van der Waals surface area contributed by atoms with Crippen molar-refractivity contribution in [3.63, 3.8) is 0 Å². The Bertz CT molecular complexity index is 306. The second-order valence-electron chi connectivity index (χ2n) is 2.33. The summed E-state index contributed by atoms with van der Waals surface area (Å²) in [7, 11) is 0. The summed E-state index contributed by atoms with van der Waals surface area (Å²) in [6.07, 6.45) is 0. The zero-order valence-corrected chi connectivity index (χ0v) is 6.14. The van der Waals surface area contributed by atoms with E-state index in [1.807, 2.05) is 13.8 Å². The molecule has 0 amide bonds. The molecule has 0 bridgehead atoms. The van der Waals surface area contributed by atoms with Crippen molar-refractivity contribution in [3.8, 4) is 0 Å². The molecule has 0 aliphatic rings. The van der Waals surface area contributed by atoms with Gasteiger partial charge in [0.15, 0.2) is 0 Å². The first-order chi connectivity index (χ1) is 4.61. The normalized spacial score (nSPS) is 9.80. The number of H-pyrrole nitrogens is 1. The third-order valence-corrected chi connectivity index (χ3v) is 1.30. The molecule has 1 aromatic heterocycles. The molecule has 54 valence electrons. The van der Waals surface area contributed by atoms with Crippen LogP contribution in [0.1, 0.15) is 12.6 Å². The van der Waals surface area contributed by atoms with Crippen molar-refractivity contribution in [1.82, 2.24) is 9.78 Å². The molecule has 1 rings (SSSR count). The molecule has 1 heterocycles. The Kier molecular flexibility index (Phi) is 1.49. The Morgan fingerprint density at radius 2 is 2.40 bits per heavy atom. The van der Waals surface area contributed by atoms with E-state index in [9.17, 15) is 4.79 Å². The largest absolute Gasteiger partial charge is 0.268 e. The van der Waals surface area contributed by atoms with E-state index in [-0.39, 0.29) is 5.56 Å². The van der Waals surface area contributed by atoms with Crippen LogP contribution in [-0.4, -0.2) is 9.78 Å². The number of nitrogens with one attached hydrogen (secondary N) is 1. The Morgan fingerprint density at radius 1 is 1.80 bits per heavy atom. The van der Waals surface area contributed by atoms with Gasteiger partial charge in [-0.15, -0.1) is 0 Å². The number of rotatable bonds is 1. The van der Waals surface area contributed by atoms with Crippen LogP contribution in [0, 0.1) is 6.92 Å². The third-order valence-electron chi connectivity index (χ3n) is 1.30.